The molecule has 0 aromatic carbocycles. The number of thioether (sulfide) groups is 1. The van der Waals surface area contributed by atoms with Crippen molar-refractivity contribution in [2.45, 2.75) is 39.7 Å². The minimum atomic E-state index is 0.354. The maximum atomic E-state index is 4.75. The molecule has 1 aromatic heterocycles. The van der Waals surface area contributed by atoms with Crippen LogP contribution in [0.5, 0.6) is 0 Å². The van der Waals surface area contributed by atoms with Crippen LogP contribution in [0.15, 0.2) is 6.07 Å². The summed E-state index contributed by atoms with van der Waals surface area (Å²) in [5.74, 6) is 5.66. The van der Waals surface area contributed by atoms with E-state index in [0.717, 1.165) is 30.5 Å². The number of nitrogens with one attached hydrogen (secondary N) is 1. The van der Waals surface area contributed by atoms with Crippen LogP contribution in [0.1, 0.15) is 39.4 Å². The topological polar surface area (TPSA) is 41.0 Å². The van der Waals surface area contributed by atoms with Crippen molar-refractivity contribution >= 4 is 23.4 Å². The molecule has 0 spiro atoms. The second-order valence-corrected chi connectivity index (χ2v) is 6.42. The summed E-state index contributed by atoms with van der Waals surface area (Å²) >= 11 is 2.03. The molecule has 106 valence electrons. The molecule has 0 radical (unpaired) electrons. The van der Waals surface area contributed by atoms with Crippen molar-refractivity contribution in [3.8, 4) is 0 Å². The van der Waals surface area contributed by atoms with Gasteiger partial charge >= 0.3 is 0 Å². The maximum Gasteiger partial charge on any atom is 0.135 e. The Labute approximate surface area is 120 Å². The quantitative estimate of drug-likeness (QED) is 0.918. The minimum absolute atomic E-state index is 0.354. The van der Waals surface area contributed by atoms with E-state index >= 15 is 0 Å². The van der Waals surface area contributed by atoms with Crippen LogP contribution >= 0.6 is 11.8 Å². The molecule has 1 N–H and O–H groups in total. The van der Waals surface area contributed by atoms with E-state index in [1.165, 1.54) is 11.5 Å². The maximum absolute atomic E-state index is 4.75. The second kappa shape index (κ2) is 6.46. The van der Waals surface area contributed by atoms with Gasteiger partial charge in [0.25, 0.3) is 0 Å². The predicted octanol–water partition coefficient (Wildman–Crippen LogP) is 2.97. The first-order valence-electron chi connectivity index (χ1n) is 7.09. The Morgan fingerprint density at radius 3 is 2.89 bits per heavy atom. The molecule has 1 aliphatic heterocycles. The molecule has 1 aliphatic rings. The Bertz CT molecular complexity index is 422. The number of hydrogen-bond donors (Lipinski definition) is 1. The van der Waals surface area contributed by atoms with Crippen molar-refractivity contribution in [3.63, 3.8) is 0 Å². The second-order valence-electron chi connectivity index (χ2n) is 5.27. The van der Waals surface area contributed by atoms with Crippen molar-refractivity contribution in [1.29, 1.82) is 0 Å². The van der Waals surface area contributed by atoms with E-state index in [9.17, 15) is 0 Å². The summed E-state index contributed by atoms with van der Waals surface area (Å²) in [5, 5.41) is 3.31. The Morgan fingerprint density at radius 1 is 1.47 bits per heavy atom. The van der Waals surface area contributed by atoms with Crippen molar-refractivity contribution in [1.82, 2.24) is 9.97 Å². The van der Waals surface area contributed by atoms with Crippen LogP contribution in [0.4, 0.5) is 11.6 Å². The summed E-state index contributed by atoms with van der Waals surface area (Å²) in [7, 11) is 0. The molecule has 1 saturated heterocycles. The third kappa shape index (κ3) is 3.53. The van der Waals surface area contributed by atoms with Gasteiger partial charge in [-0.1, -0.05) is 13.8 Å². The van der Waals surface area contributed by atoms with Gasteiger partial charge in [-0.25, -0.2) is 9.97 Å². The van der Waals surface area contributed by atoms with Crippen molar-refractivity contribution in [2.24, 2.45) is 0 Å². The van der Waals surface area contributed by atoms with E-state index in [1.54, 1.807) is 0 Å². The van der Waals surface area contributed by atoms with Crippen LogP contribution in [0.3, 0.4) is 0 Å². The molecular formula is C14H24N4S. The highest BCUT2D eigenvalue weighted by atomic mass is 32.2. The van der Waals surface area contributed by atoms with Gasteiger partial charge in [0.05, 0.1) is 0 Å². The van der Waals surface area contributed by atoms with E-state index in [-0.39, 0.29) is 0 Å². The molecule has 0 bridgehead atoms. The van der Waals surface area contributed by atoms with Crippen LogP contribution in [-0.4, -0.2) is 40.6 Å². The average molecular weight is 280 g/mol. The van der Waals surface area contributed by atoms with Crippen molar-refractivity contribution in [3.05, 3.63) is 11.9 Å². The van der Waals surface area contributed by atoms with Gasteiger partial charge in [0.1, 0.15) is 17.5 Å². The van der Waals surface area contributed by atoms with Crippen LogP contribution < -0.4 is 10.2 Å². The molecule has 2 heterocycles. The van der Waals surface area contributed by atoms with Gasteiger partial charge in [0, 0.05) is 42.6 Å². The standard InChI is InChI=1S/C14H24N4S/c1-5-15-12-8-13(17-14(16-12)10(2)3)18-6-7-19-9-11(18)4/h8,10-11H,5-7,9H2,1-4H3,(H,15,16,17). The summed E-state index contributed by atoms with van der Waals surface area (Å²) in [6, 6.07) is 2.63. The zero-order chi connectivity index (χ0) is 13.8. The summed E-state index contributed by atoms with van der Waals surface area (Å²) in [4.78, 5) is 11.8. The highest BCUT2D eigenvalue weighted by Gasteiger charge is 2.21. The lowest BCUT2D eigenvalue weighted by molar-refractivity contribution is 0.677. The summed E-state index contributed by atoms with van der Waals surface area (Å²) < 4.78 is 0. The smallest absolute Gasteiger partial charge is 0.135 e. The number of aromatic nitrogens is 2. The van der Waals surface area contributed by atoms with Gasteiger partial charge in [-0.2, -0.15) is 11.8 Å². The van der Waals surface area contributed by atoms with E-state index in [0.29, 0.717) is 12.0 Å². The molecule has 2 rings (SSSR count). The first-order chi connectivity index (χ1) is 9.11. The van der Waals surface area contributed by atoms with E-state index < -0.39 is 0 Å². The normalized spacial score (nSPS) is 19.8. The predicted molar refractivity (Wildman–Crippen MR) is 84.4 cm³/mol. The summed E-state index contributed by atoms with van der Waals surface area (Å²) in [6.07, 6.45) is 0. The SMILES string of the molecule is CCNc1cc(N2CCSCC2C)nc(C(C)C)n1. The van der Waals surface area contributed by atoms with Crippen molar-refractivity contribution < 1.29 is 0 Å². The number of hydrogen-bond acceptors (Lipinski definition) is 5. The van der Waals surface area contributed by atoms with Crippen LogP contribution in [-0.2, 0) is 0 Å². The highest BCUT2D eigenvalue weighted by molar-refractivity contribution is 7.99. The number of rotatable bonds is 4. The van der Waals surface area contributed by atoms with Crippen LogP contribution in [0.25, 0.3) is 0 Å². The molecule has 5 heteroatoms. The lowest BCUT2D eigenvalue weighted by Crippen LogP contribution is -2.41. The monoisotopic (exact) mass is 280 g/mol. The van der Waals surface area contributed by atoms with Gasteiger partial charge in [-0.3, -0.25) is 0 Å². The average Bonchev–Trinajstić information content (AvgIpc) is 2.39. The Kier molecular flexibility index (Phi) is 4.91. The fourth-order valence-electron chi connectivity index (χ4n) is 2.20. The Hall–Kier alpha value is -0.970. The first-order valence-corrected chi connectivity index (χ1v) is 8.24. The molecule has 19 heavy (non-hydrogen) atoms. The molecule has 1 aromatic rings. The van der Waals surface area contributed by atoms with Gasteiger partial charge in [-0.05, 0) is 13.8 Å². The van der Waals surface area contributed by atoms with Crippen LogP contribution in [0, 0.1) is 0 Å². The third-order valence-electron chi connectivity index (χ3n) is 3.27. The Balaban J connectivity index is 2.31. The number of nitrogens with zero attached hydrogens (tertiary/aromatic N) is 3. The fraction of sp³-hybridized carbons (Fsp3) is 0.714. The van der Waals surface area contributed by atoms with Crippen LogP contribution in [0.2, 0.25) is 0 Å². The molecule has 0 saturated carbocycles. The van der Waals surface area contributed by atoms with E-state index in [1.807, 2.05) is 11.8 Å². The van der Waals surface area contributed by atoms with Gasteiger partial charge in [0.2, 0.25) is 0 Å². The van der Waals surface area contributed by atoms with Crippen molar-refractivity contribution in [2.75, 3.05) is 34.8 Å². The third-order valence-corrected chi connectivity index (χ3v) is 4.46. The zero-order valence-electron chi connectivity index (χ0n) is 12.3. The molecule has 1 unspecified atom stereocenters. The van der Waals surface area contributed by atoms with E-state index in [4.69, 9.17) is 4.98 Å². The summed E-state index contributed by atoms with van der Waals surface area (Å²) in [5.41, 5.74) is 0. The zero-order valence-corrected chi connectivity index (χ0v) is 13.1. The van der Waals surface area contributed by atoms with E-state index in [2.05, 4.69) is 49.0 Å². The number of anilines is 2. The lowest BCUT2D eigenvalue weighted by atomic mass is 10.2. The molecule has 1 fully saturated rings. The molecule has 1 atom stereocenters. The largest absolute Gasteiger partial charge is 0.370 e. The minimum Gasteiger partial charge on any atom is -0.370 e. The highest BCUT2D eigenvalue weighted by Crippen LogP contribution is 2.25. The summed E-state index contributed by atoms with van der Waals surface area (Å²) in [6.45, 7) is 10.6. The fourth-order valence-corrected chi connectivity index (χ4v) is 3.21. The molecular weight excluding hydrogens is 256 g/mol. The Morgan fingerprint density at radius 2 is 2.26 bits per heavy atom. The molecule has 4 nitrogen and oxygen atoms in total. The van der Waals surface area contributed by atoms with Gasteiger partial charge in [-0.15, -0.1) is 0 Å². The lowest BCUT2D eigenvalue weighted by Gasteiger charge is -2.34. The molecule has 0 aliphatic carbocycles. The van der Waals surface area contributed by atoms with Gasteiger partial charge in [0.15, 0.2) is 0 Å². The van der Waals surface area contributed by atoms with Gasteiger partial charge < -0.3 is 10.2 Å². The first kappa shape index (κ1) is 14.4. The molecule has 0 amide bonds.